The maximum atomic E-state index is 12.1. The third kappa shape index (κ3) is 3.18. The minimum absolute atomic E-state index is 0.503. The Morgan fingerprint density at radius 1 is 1.22 bits per heavy atom. The zero-order valence-corrected chi connectivity index (χ0v) is 15.1. The first-order chi connectivity index (χ1) is 13.1. The second kappa shape index (κ2) is 6.86. The Hall–Kier alpha value is -3.16. The van der Waals surface area contributed by atoms with Crippen LogP contribution in [0.15, 0.2) is 36.9 Å². The van der Waals surface area contributed by atoms with Crippen LogP contribution in [-0.2, 0) is 11.2 Å². The molecule has 1 fully saturated rings. The second-order valence-corrected chi connectivity index (χ2v) is 6.90. The van der Waals surface area contributed by atoms with Gasteiger partial charge in [-0.15, -0.1) is 0 Å². The van der Waals surface area contributed by atoms with E-state index in [4.69, 9.17) is 4.74 Å². The Balaban J connectivity index is 1.53. The number of aromatic nitrogens is 4. The average molecular weight is 367 g/mol. The maximum absolute atomic E-state index is 12.1. The molecule has 3 aromatic rings. The summed E-state index contributed by atoms with van der Waals surface area (Å²) in [6.45, 7) is 1.24. The lowest BCUT2D eigenvalue weighted by atomic mass is 9.74. The predicted molar refractivity (Wildman–Crippen MR) is 99.9 cm³/mol. The van der Waals surface area contributed by atoms with Gasteiger partial charge in [-0.2, -0.15) is 0 Å². The third-order valence-corrected chi connectivity index (χ3v) is 5.38. The molecular weight excluding hydrogens is 346 g/mol. The quantitative estimate of drug-likeness (QED) is 0.713. The normalized spacial score (nSPS) is 16.4. The van der Waals surface area contributed by atoms with Crippen molar-refractivity contribution in [1.82, 2.24) is 19.9 Å². The van der Waals surface area contributed by atoms with Crippen molar-refractivity contribution in [3.05, 3.63) is 42.5 Å². The van der Waals surface area contributed by atoms with Crippen LogP contribution in [0.5, 0.6) is 5.75 Å². The molecule has 1 aromatic carbocycles. The molecule has 0 saturated carbocycles. The number of carboxylic acid groups (broad SMARTS) is 1. The smallest absolute Gasteiger partial charge is 0.310 e. The second-order valence-electron chi connectivity index (χ2n) is 6.90. The molecule has 8 nitrogen and oxygen atoms in total. The number of aromatic amines is 1. The number of benzene rings is 1. The van der Waals surface area contributed by atoms with E-state index in [9.17, 15) is 9.90 Å². The van der Waals surface area contributed by atoms with Crippen LogP contribution in [-0.4, -0.2) is 51.2 Å². The highest BCUT2D eigenvalue weighted by atomic mass is 16.5. The fourth-order valence-electron chi connectivity index (χ4n) is 3.74. The zero-order valence-electron chi connectivity index (χ0n) is 15.1. The summed E-state index contributed by atoms with van der Waals surface area (Å²) in [7, 11) is 1.62. The number of methoxy groups -OCH3 is 1. The van der Waals surface area contributed by atoms with Crippen LogP contribution in [0, 0.1) is 5.41 Å². The Morgan fingerprint density at radius 2 is 1.96 bits per heavy atom. The average Bonchev–Trinajstić information content (AvgIpc) is 3.18. The van der Waals surface area contributed by atoms with Crippen LogP contribution >= 0.6 is 0 Å². The van der Waals surface area contributed by atoms with Gasteiger partial charge >= 0.3 is 5.97 Å². The number of piperidine rings is 1. The summed E-state index contributed by atoms with van der Waals surface area (Å²) in [6.07, 6.45) is 4.69. The minimum Gasteiger partial charge on any atom is -0.497 e. The molecule has 1 aliphatic heterocycles. The zero-order chi connectivity index (χ0) is 18.9. The van der Waals surface area contributed by atoms with E-state index in [1.54, 1.807) is 13.4 Å². The molecule has 0 bridgehead atoms. The van der Waals surface area contributed by atoms with Crippen molar-refractivity contribution in [3.63, 3.8) is 0 Å². The number of anilines is 1. The Morgan fingerprint density at radius 3 is 2.63 bits per heavy atom. The van der Waals surface area contributed by atoms with Crippen LogP contribution in [0.3, 0.4) is 0 Å². The molecular formula is C19H21N5O3. The molecule has 0 spiro atoms. The lowest BCUT2D eigenvalue weighted by Crippen LogP contribution is -2.46. The van der Waals surface area contributed by atoms with Gasteiger partial charge in [0.25, 0.3) is 0 Å². The molecule has 3 heterocycles. The first kappa shape index (κ1) is 17.3. The van der Waals surface area contributed by atoms with E-state index in [1.807, 2.05) is 24.3 Å². The van der Waals surface area contributed by atoms with Gasteiger partial charge < -0.3 is 19.7 Å². The van der Waals surface area contributed by atoms with Crippen LogP contribution < -0.4 is 9.64 Å². The standard InChI is InChI=1S/C19H21N5O3/c1-27-14-4-2-13(3-5-14)10-19(18(25)26)6-8-24(9-7-19)17-15-16(21-11-20-15)22-12-23-17/h2-5,11-12H,6-10H2,1H3,(H,25,26)(H,20,21,22,23). The summed E-state index contributed by atoms with van der Waals surface area (Å²) in [4.78, 5) is 30.0. The minimum atomic E-state index is -0.773. The summed E-state index contributed by atoms with van der Waals surface area (Å²) >= 11 is 0. The van der Waals surface area contributed by atoms with Crippen molar-refractivity contribution in [1.29, 1.82) is 0 Å². The van der Waals surface area contributed by atoms with Gasteiger partial charge in [-0.1, -0.05) is 12.1 Å². The van der Waals surface area contributed by atoms with Crippen molar-refractivity contribution in [3.8, 4) is 5.75 Å². The molecule has 1 aliphatic rings. The highest BCUT2D eigenvalue weighted by molar-refractivity contribution is 5.83. The lowest BCUT2D eigenvalue weighted by Gasteiger charge is -2.39. The van der Waals surface area contributed by atoms with Crippen LogP contribution in [0.1, 0.15) is 18.4 Å². The number of nitrogens with zero attached hydrogens (tertiary/aromatic N) is 4. The lowest BCUT2D eigenvalue weighted by molar-refractivity contribution is -0.150. The number of nitrogens with one attached hydrogen (secondary N) is 1. The van der Waals surface area contributed by atoms with Gasteiger partial charge in [0, 0.05) is 13.1 Å². The Bertz CT molecular complexity index is 945. The van der Waals surface area contributed by atoms with E-state index < -0.39 is 11.4 Å². The topological polar surface area (TPSA) is 104 Å². The number of hydrogen-bond donors (Lipinski definition) is 2. The number of rotatable bonds is 5. The van der Waals surface area contributed by atoms with Crippen LogP contribution in [0.4, 0.5) is 5.82 Å². The summed E-state index contributed by atoms with van der Waals surface area (Å²) in [6, 6.07) is 7.62. The number of carbonyl (C=O) groups is 1. The van der Waals surface area contributed by atoms with E-state index in [0.717, 1.165) is 22.6 Å². The Labute approximate surface area is 156 Å². The summed E-state index contributed by atoms with van der Waals surface area (Å²) in [5.74, 6) is 0.804. The fraction of sp³-hybridized carbons (Fsp3) is 0.368. The van der Waals surface area contributed by atoms with Gasteiger partial charge in [-0.3, -0.25) is 4.79 Å². The first-order valence-corrected chi connectivity index (χ1v) is 8.87. The van der Waals surface area contributed by atoms with Crippen molar-refractivity contribution < 1.29 is 14.6 Å². The molecule has 4 rings (SSSR count). The highest BCUT2D eigenvalue weighted by Crippen LogP contribution is 2.37. The predicted octanol–water partition coefficient (Wildman–Crippen LogP) is 2.28. The third-order valence-electron chi connectivity index (χ3n) is 5.38. The molecule has 2 N–H and O–H groups in total. The first-order valence-electron chi connectivity index (χ1n) is 8.87. The van der Waals surface area contributed by atoms with Gasteiger partial charge in [0.1, 0.15) is 17.6 Å². The van der Waals surface area contributed by atoms with Gasteiger partial charge in [0.15, 0.2) is 11.5 Å². The van der Waals surface area contributed by atoms with Crippen molar-refractivity contribution >= 4 is 23.0 Å². The molecule has 0 unspecified atom stereocenters. The van der Waals surface area contributed by atoms with E-state index in [-0.39, 0.29) is 0 Å². The number of fused-ring (bicyclic) bond motifs is 1. The maximum Gasteiger partial charge on any atom is 0.310 e. The molecule has 27 heavy (non-hydrogen) atoms. The van der Waals surface area contributed by atoms with Gasteiger partial charge in [-0.25, -0.2) is 15.0 Å². The summed E-state index contributed by atoms with van der Waals surface area (Å²) in [5, 5.41) is 9.96. The van der Waals surface area contributed by atoms with E-state index in [2.05, 4.69) is 24.8 Å². The molecule has 8 heteroatoms. The number of carboxylic acids is 1. The number of hydrogen-bond acceptors (Lipinski definition) is 6. The monoisotopic (exact) mass is 367 g/mol. The van der Waals surface area contributed by atoms with Crippen molar-refractivity contribution in [2.75, 3.05) is 25.1 Å². The number of imidazole rings is 1. The van der Waals surface area contributed by atoms with E-state index in [0.29, 0.717) is 38.0 Å². The number of aliphatic carboxylic acids is 1. The molecule has 2 aromatic heterocycles. The molecule has 0 aliphatic carbocycles. The molecule has 1 saturated heterocycles. The summed E-state index contributed by atoms with van der Waals surface area (Å²) in [5.41, 5.74) is 1.64. The van der Waals surface area contributed by atoms with Crippen molar-refractivity contribution in [2.45, 2.75) is 19.3 Å². The van der Waals surface area contributed by atoms with Gasteiger partial charge in [-0.05, 0) is 37.0 Å². The number of ether oxygens (including phenoxy) is 1. The summed E-state index contributed by atoms with van der Waals surface area (Å²) < 4.78 is 5.18. The number of H-pyrrole nitrogens is 1. The molecule has 140 valence electrons. The molecule has 0 atom stereocenters. The SMILES string of the molecule is COc1ccc(CC2(C(=O)O)CCN(c3ncnc4nc[nH]c34)CC2)cc1. The largest absolute Gasteiger partial charge is 0.497 e. The van der Waals surface area contributed by atoms with Crippen LogP contribution in [0.25, 0.3) is 11.2 Å². The Kier molecular flexibility index (Phi) is 4.39. The van der Waals surface area contributed by atoms with Gasteiger partial charge in [0.05, 0.1) is 18.9 Å². The fourth-order valence-corrected chi connectivity index (χ4v) is 3.74. The van der Waals surface area contributed by atoms with E-state index in [1.165, 1.54) is 6.33 Å². The van der Waals surface area contributed by atoms with Gasteiger partial charge in [0.2, 0.25) is 0 Å². The molecule has 0 radical (unpaired) electrons. The highest BCUT2D eigenvalue weighted by Gasteiger charge is 2.42. The van der Waals surface area contributed by atoms with Crippen molar-refractivity contribution in [2.24, 2.45) is 5.41 Å². The molecule has 0 amide bonds. The van der Waals surface area contributed by atoms with E-state index >= 15 is 0 Å². The van der Waals surface area contributed by atoms with Crippen LogP contribution in [0.2, 0.25) is 0 Å².